The highest BCUT2D eigenvalue weighted by molar-refractivity contribution is 7.92. The average molecular weight is 401 g/mol. The van der Waals surface area contributed by atoms with Gasteiger partial charge in [0.1, 0.15) is 0 Å². The smallest absolute Gasteiger partial charge is 0.264 e. The van der Waals surface area contributed by atoms with Crippen molar-refractivity contribution in [2.75, 3.05) is 17.4 Å². The maximum atomic E-state index is 13.4. The van der Waals surface area contributed by atoms with Gasteiger partial charge in [0.05, 0.1) is 10.6 Å². The van der Waals surface area contributed by atoms with Crippen LogP contribution < -0.4 is 4.31 Å². The molecule has 0 aromatic heterocycles. The van der Waals surface area contributed by atoms with Gasteiger partial charge >= 0.3 is 0 Å². The fourth-order valence-corrected chi connectivity index (χ4v) is 5.48. The van der Waals surface area contributed by atoms with Crippen molar-refractivity contribution in [3.63, 3.8) is 0 Å². The zero-order chi connectivity index (χ0) is 20.3. The number of carbonyl (C=O) groups is 1. The Hall–Kier alpha value is -2.34. The van der Waals surface area contributed by atoms with Gasteiger partial charge in [0.25, 0.3) is 15.9 Å². The second-order valence-corrected chi connectivity index (χ2v) is 9.06. The zero-order valence-electron chi connectivity index (χ0n) is 16.8. The van der Waals surface area contributed by atoms with Gasteiger partial charge < -0.3 is 4.90 Å². The normalized spacial score (nSPS) is 16.1. The zero-order valence-corrected chi connectivity index (χ0v) is 17.6. The number of unbranched alkanes of at least 4 members (excludes halogenated alkanes) is 1. The monoisotopic (exact) mass is 400 g/mol. The van der Waals surface area contributed by atoms with Gasteiger partial charge in [-0.15, -0.1) is 0 Å². The molecule has 0 saturated heterocycles. The Morgan fingerprint density at radius 2 is 1.89 bits per heavy atom. The Kier molecular flexibility index (Phi) is 6.08. The largest absolute Gasteiger partial charge is 0.339 e. The Labute approximate surface area is 168 Å². The van der Waals surface area contributed by atoms with Crippen LogP contribution in [0.2, 0.25) is 0 Å². The molecule has 1 atom stereocenters. The van der Waals surface area contributed by atoms with E-state index in [1.165, 1.54) is 10.4 Å². The Bertz CT molecular complexity index is 956. The van der Waals surface area contributed by atoms with Crippen molar-refractivity contribution in [3.8, 4) is 0 Å². The van der Waals surface area contributed by atoms with Gasteiger partial charge in [-0.05, 0) is 56.5 Å². The number of carbonyl (C=O) groups excluding carboxylic acids is 1. The Morgan fingerprint density at radius 1 is 1.14 bits per heavy atom. The Morgan fingerprint density at radius 3 is 2.61 bits per heavy atom. The molecule has 1 aliphatic heterocycles. The van der Waals surface area contributed by atoms with Crippen molar-refractivity contribution in [1.29, 1.82) is 0 Å². The molecule has 150 valence electrons. The highest BCUT2D eigenvalue weighted by atomic mass is 32.2. The van der Waals surface area contributed by atoms with E-state index < -0.39 is 10.0 Å². The third-order valence-electron chi connectivity index (χ3n) is 5.23. The summed E-state index contributed by atoms with van der Waals surface area (Å²) in [5.41, 5.74) is 2.17. The summed E-state index contributed by atoms with van der Waals surface area (Å²) in [7, 11) is -3.74. The minimum Gasteiger partial charge on any atom is -0.339 e. The van der Waals surface area contributed by atoms with Gasteiger partial charge in [-0.2, -0.15) is 0 Å². The van der Waals surface area contributed by atoms with E-state index in [0.29, 0.717) is 25.1 Å². The van der Waals surface area contributed by atoms with Crippen molar-refractivity contribution in [2.24, 2.45) is 0 Å². The average Bonchev–Trinajstić information content (AvgIpc) is 3.04. The van der Waals surface area contributed by atoms with Crippen LogP contribution in [0.1, 0.15) is 49.5 Å². The van der Waals surface area contributed by atoms with Crippen molar-refractivity contribution in [3.05, 3.63) is 59.7 Å². The fraction of sp³-hybridized carbons (Fsp3) is 0.409. The van der Waals surface area contributed by atoms with E-state index >= 15 is 0 Å². The molecule has 0 N–H and O–H groups in total. The van der Waals surface area contributed by atoms with Crippen LogP contribution in [0.25, 0.3) is 0 Å². The van der Waals surface area contributed by atoms with Gasteiger partial charge in [-0.1, -0.05) is 37.6 Å². The molecule has 1 heterocycles. The third-order valence-corrected chi connectivity index (χ3v) is 7.16. The summed E-state index contributed by atoms with van der Waals surface area (Å²) in [5.74, 6) is -0.122. The van der Waals surface area contributed by atoms with Crippen LogP contribution in [0.5, 0.6) is 0 Å². The lowest BCUT2D eigenvalue weighted by atomic mass is 10.1. The van der Waals surface area contributed by atoms with Crippen molar-refractivity contribution >= 4 is 21.6 Å². The SMILES string of the molecule is CCCCN(CC)C(=O)c1cccc(S(=O)(=O)N2c3ccccc3CC2C)c1. The first kappa shape index (κ1) is 20.4. The predicted molar refractivity (Wildman–Crippen MR) is 112 cm³/mol. The summed E-state index contributed by atoms with van der Waals surface area (Å²) >= 11 is 0. The minimum atomic E-state index is -3.74. The summed E-state index contributed by atoms with van der Waals surface area (Å²) in [6.45, 7) is 7.22. The van der Waals surface area contributed by atoms with Crippen molar-refractivity contribution < 1.29 is 13.2 Å². The van der Waals surface area contributed by atoms with E-state index in [0.717, 1.165) is 24.1 Å². The highest BCUT2D eigenvalue weighted by Gasteiger charge is 2.36. The molecule has 0 spiro atoms. The van der Waals surface area contributed by atoms with Crippen LogP contribution in [-0.4, -0.2) is 38.4 Å². The first-order valence-electron chi connectivity index (χ1n) is 9.91. The summed E-state index contributed by atoms with van der Waals surface area (Å²) in [4.78, 5) is 14.8. The standard InChI is InChI=1S/C22H28N2O3S/c1-4-6-14-23(5-2)22(25)19-11-9-12-20(16-19)28(26,27)24-17(3)15-18-10-7-8-13-21(18)24/h7-13,16-17H,4-6,14-15H2,1-3H3. The number of rotatable bonds is 7. The van der Waals surface area contributed by atoms with E-state index in [4.69, 9.17) is 0 Å². The van der Waals surface area contributed by atoms with Crippen LogP contribution >= 0.6 is 0 Å². The topological polar surface area (TPSA) is 57.7 Å². The van der Waals surface area contributed by atoms with E-state index in [-0.39, 0.29) is 16.8 Å². The lowest BCUT2D eigenvalue weighted by Crippen LogP contribution is -2.36. The number of benzene rings is 2. The second kappa shape index (κ2) is 8.35. The molecule has 0 bridgehead atoms. The van der Waals surface area contributed by atoms with Gasteiger partial charge in [0, 0.05) is 24.7 Å². The van der Waals surface area contributed by atoms with Crippen molar-refractivity contribution in [1.82, 2.24) is 4.90 Å². The molecule has 1 aliphatic rings. The summed E-state index contributed by atoms with van der Waals surface area (Å²) in [6, 6.07) is 13.9. The first-order chi connectivity index (χ1) is 13.4. The quantitative estimate of drug-likeness (QED) is 0.703. The maximum Gasteiger partial charge on any atom is 0.264 e. The molecule has 1 unspecified atom stereocenters. The highest BCUT2D eigenvalue weighted by Crippen LogP contribution is 2.36. The molecule has 0 saturated carbocycles. The van der Waals surface area contributed by atoms with Gasteiger partial charge in [-0.25, -0.2) is 8.42 Å². The molecule has 2 aromatic rings. The van der Waals surface area contributed by atoms with Crippen LogP contribution in [0.15, 0.2) is 53.4 Å². The number of sulfonamides is 1. The molecule has 0 fully saturated rings. The van der Waals surface area contributed by atoms with Gasteiger partial charge in [0.2, 0.25) is 0 Å². The van der Waals surface area contributed by atoms with Crippen LogP contribution in [0, 0.1) is 0 Å². The van der Waals surface area contributed by atoms with E-state index in [1.54, 1.807) is 23.1 Å². The number of nitrogens with zero attached hydrogens (tertiary/aromatic N) is 2. The molecule has 6 heteroatoms. The number of fused-ring (bicyclic) bond motifs is 1. The lowest BCUT2D eigenvalue weighted by molar-refractivity contribution is 0.0762. The van der Waals surface area contributed by atoms with Crippen LogP contribution in [0.4, 0.5) is 5.69 Å². The molecular weight excluding hydrogens is 372 g/mol. The summed E-state index contributed by atoms with van der Waals surface area (Å²) < 4.78 is 28.3. The lowest BCUT2D eigenvalue weighted by Gasteiger charge is -2.25. The molecule has 2 aromatic carbocycles. The van der Waals surface area contributed by atoms with Crippen LogP contribution in [0.3, 0.4) is 0 Å². The van der Waals surface area contributed by atoms with Crippen LogP contribution in [-0.2, 0) is 16.4 Å². The van der Waals surface area contributed by atoms with Gasteiger partial charge in [0.15, 0.2) is 0 Å². The molecule has 3 rings (SSSR count). The molecule has 5 nitrogen and oxygen atoms in total. The Balaban J connectivity index is 1.94. The van der Waals surface area contributed by atoms with Gasteiger partial charge in [-0.3, -0.25) is 9.10 Å². The number of anilines is 1. The van der Waals surface area contributed by atoms with E-state index in [1.807, 2.05) is 38.1 Å². The first-order valence-corrected chi connectivity index (χ1v) is 11.4. The predicted octanol–water partition coefficient (Wildman–Crippen LogP) is 4.09. The molecule has 1 amide bonds. The molecule has 0 radical (unpaired) electrons. The van der Waals surface area contributed by atoms with E-state index in [9.17, 15) is 13.2 Å². The molecule has 28 heavy (non-hydrogen) atoms. The number of amides is 1. The number of hydrogen-bond donors (Lipinski definition) is 0. The maximum absolute atomic E-state index is 13.4. The second-order valence-electron chi connectivity index (χ2n) is 7.25. The van der Waals surface area contributed by atoms with E-state index in [2.05, 4.69) is 6.92 Å². The fourth-order valence-electron chi connectivity index (χ4n) is 3.74. The molecular formula is C22H28N2O3S. The summed E-state index contributed by atoms with van der Waals surface area (Å²) in [5, 5.41) is 0. The molecule has 0 aliphatic carbocycles. The minimum absolute atomic E-state index is 0.122. The summed E-state index contributed by atoms with van der Waals surface area (Å²) in [6.07, 6.45) is 2.62. The number of hydrogen-bond acceptors (Lipinski definition) is 3. The number of para-hydroxylation sites is 1. The third kappa shape index (κ3) is 3.78. The van der Waals surface area contributed by atoms with Crippen molar-refractivity contribution in [2.45, 2.75) is 51.0 Å².